The van der Waals surface area contributed by atoms with Crippen LogP contribution in [0.5, 0.6) is 0 Å². The molecule has 2 rings (SSSR count). The van der Waals surface area contributed by atoms with Gasteiger partial charge in [-0.1, -0.05) is 18.2 Å². The molecule has 2 heterocycles. The van der Waals surface area contributed by atoms with Gasteiger partial charge in [-0.2, -0.15) is 0 Å². The second kappa shape index (κ2) is 3.46. The molecule has 2 aliphatic rings. The molecule has 3 nitrogen and oxygen atoms in total. The number of fused-ring (bicyclic) bond motifs is 2. The van der Waals surface area contributed by atoms with E-state index in [-0.39, 0.29) is 5.76 Å². The Morgan fingerprint density at radius 3 is 2.93 bits per heavy atom. The van der Waals surface area contributed by atoms with Crippen LogP contribution in [-0.2, 0) is 4.74 Å². The summed E-state index contributed by atoms with van der Waals surface area (Å²) >= 11 is 0. The van der Waals surface area contributed by atoms with Crippen LogP contribution in [0.4, 0.5) is 0 Å². The lowest BCUT2D eigenvalue weighted by Crippen LogP contribution is -2.16. The largest absolute Gasteiger partial charge is 0.505 e. The van der Waals surface area contributed by atoms with Crippen molar-refractivity contribution in [3.63, 3.8) is 0 Å². The van der Waals surface area contributed by atoms with Crippen molar-refractivity contribution in [3.05, 3.63) is 59.4 Å². The first-order valence-electron chi connectivity index (χ1n) is 4.37. The molecular weight excluding hydrogens is 178 g/mol. The van der Waals surface area contributed by atoms with Crippen LogP contribution in [-0.4, -0.2) is 12.2 Å². The molecule has 0 aliphatic carbocycles. The van der Waals surface area contributed by atoms with Crippen LogP contribution in [0.1, 0.15) is 0 Å². The van der Waals surface area contributed by atoms with E-state index in [1.807, 2.05) is 18.2 Å². The number of likely N-dealkylation sites (N-methyl/N-ethyl adjacent to an activating group) is 1. The normalized spacial score (nSPS) is 27.5. The van der Waals surface area contributed by atoms with Crippen molar-refractivity contribution in [2.75, 3.05) is 7.05 Å². The van der Waals surface area contributed by atoms with E-state index in [9.17, 15) is 5.11 Å². The van der Waals surface area contributed by atoms with Crippen molar-refractivity contribution in [3.8, 4) is 0 Å². The summed E-state index contributed by atoms with van der Waals surface area (Å²) in [5.41, 5.74) is 0.605. The monoisotopic (exact) mass is 189 g/mol. The summed E-state index contributed by atoms with van der Waals surface area (Å²) in [5, 5.41) is 12.5. The number of aliphatic hydroxyl groups is 1. The second-order valence-corrected chi connectivity index (χ2v) is 2.93. The van der Waals surface area contributed by atoms with Gasteiger partial charge in [0, 0.05) is 13.1 Å². The van der Waals surface area contributed by atoms with Crippen LogP contribution in [0.2, 0.25) is 0 Å². The topological polar surface area (TPSA) is 41.5 Å². The number of ether oxygens (including phenoxy) is 1. The van der Waals surface area contributed by atoms with Crippen LogP contribution >= 0.6 is 0 Å². The van der Waals surface area contributed by atoms with Crippen molar-refractivity contribution in [2.24, 2.45) is 0 Å². The highest BCUT2D eigenvalue weighted by atomic mass is 16.5. The Bertz CT molecular complexity index is 398. The molecule has 0 aromatic rings. The first-order chi connectivity index (χ1) is 6.81. The van der Waals surface area contributed by atoms with Gasteiger partial charge in [0.1, 0.15) is 17.2 Å². The lowest BCUT2D eigenvalue weighted by atomic mass is 10.2. The van der Waals surface area contributed by atoms with Crippen molar-refractivity contribution in [1.29, 1.82) is 0 Å². The van der Waals surface area contributed by atoms with Crippen molar-refractivity contribution < 1.29 is 9.84 Å². The molecule has 0 amide bonds. The zero-order chi connectivity index (χ0) is 9.97. The molecule has 0 unspecified atom stereocenters. The van der Waals surface area contributed by atoms with Crippen LogP contribution in [0.25, 0.3) is 0 Å². The van der Waals surface area contributed by atoms with Gasteiger partial charge in [0.15, 0.2) is 5.76 Å². The van der Waals surface area contributed by atoms with Gasteiger partial charge in [-0.15, -0.1) is 0 Å². The Morgan fingerprint density at radius 1 is 1.29 bits per heavy atom. The van der Waals surface area contributed by atoms with Gasteiger partial charge in [0.25, 0.3) is 0 Å². The Hall–Kier alpha value is -1.90. The third-order valence-corrected chi connectivity index (χ3v) is 1.99. The molecule has 0 saturated carbocycles. The van der Waals surface area contributed by atoms with Gasteiger partial charge in [0.2, 0.25) is 0 Å². The third-order valence-electron chi connectivity index (χ3n) is 1.99. The Kier molecular flexibility index (Phi) is 2.14. The predicted octanol–water partition coefficient (Wildman–Crippen LogP) is 1.90. The Labute approximate surface area is 82.4 Å². The highest BCUT2D eigenvalue weighted by Gasteiger charge is 2.16. The van der Waals surface area contributed by atoms with Gasteiger partial charge in [-0.05, 0) is 12.2 Å². The molecule has 0 aromatic heterocycles. The standard InChI is InChI=1S/C11H11NO2/c1-12-11-9(13)7-8-5-3-2-4-6-10(11)14-8/h2-7,12-13H,1H3/b3-2-,4-2?,5-3?,6-4+,8-5-,10-6?. The second-order valence-electron chi connectivity index (χ2n) is 2.93. The SMILES string of the molecule is CNC1=C2/C=C/C=C\C=C(\C=C1O)O2. The van der Waals surface area contributed by atoms with Crippen LogP contribution < -0.4 is 5.32 Å². The van der Waals surface area contributed by atoms with Crippen LogP contribution in [0, 0.1) is 0 Å². The van der Waals surface area contributed by atoms with E-state index in [0.717, 1.165) is 0 Å². The maximum atomic E-state index is 9.65. The number of hydrogen-bond donors (Lipinski definition) is 2. The molecule has 0 spiro atoms. The van der Waals surface area contributed by atoms with Gasteiger partial charge < -0.3 is 15.2 Å². The maximum absolute atomic E-state index is 9.65. The van der Waals surface area contributed by atoms with Crippen molar-refractivity contribution >= 4 is 0 Å². The summed E-state index contributed by atoms with van der Waals surface area (Å²) in [4.78, 5) is 0. The average Bonchev–Trinajstić information content (AvgIpc) is 2.13. The zero-order valence-corrected chi connectivity index (χ0v) is 7.82. The molecular formula is C11H11NO2. The molecule has 2 bridgehead atoms. The predicted molar refractivity (Wildman–Crippen MR) is 54.2 cm³/mol. The molecule has 0 aromatic carbocycles. The lowest BCUT2D eigenvalue weighted by Gasteiger charge is -2.19. The molecule has 3 heteroatoms. The summed E-state index contributed by atoms with van der Waals surface area (Å²) in [6.07, 6.45) is 10.8. The van der Waals surface area contributed by atoms with Gasteiger partial charge in [-0.25, -0.2) is 0 Å². The molecule has 0 atom stereocenters. The quantitative estimate of drug-likeness (QED) is 0.662. The van der Waals surface area contributed by atoms with E-state index in [2.05, 4.69) is 5.32 Å². The zero-order valence-electron chi connectivity index (χ0n) is 7.82. The van der Waals surface area contributed by atoms with E-state index in [1.165, 1.54) is 0 Å². The smallest absolute Gasteiger partial charge is 0.154 e. The van der Waals surface area contributed by atoms with E-state index >= 15 is 0 Å². The highest BCUT2D eigenvalue weighted by Crippen LogP contribution is 2.24. The molecule has 2 aliphatic heterocycles. The van der Waals surface area contributed by atoms with E-state index in [4.69, 9.17) is 4.74 Å². The summed E-state index contributed by atoms with van der Waals surface area (Å²) < 4.78 is 5.50. The number of hydrogen-bond acceptors (Lipinski definition) is 3. The molecule has 14 heavy (non-hydrogen) atoms. The fourth-order valence-electron chi connectivity index (χ4n) is 1.35. The number of nitrogens with one attached hydrogen (secondary N) is 1. The minimum Gasteiger partial charge on any atom is -0.505 e. The average molecular weight is 189 g/mol. The Morgan fingerprint density at radius 2 is 2.14 bits per heavy atom. The number of aliphatic hydroxyl groups excluding tert-OH is 1. The highest BCUT2D eigenvalue weighted by molar-refractivity contribution is 5.43. The fraction of sp³-hybridized carbons (Fsp3) is 0.0909. The van der Waals surface area contributed by atoms with E-state index in [1.54, 1.807) is 25.3 Å². The Balaban J connectivity index is 2.53. The minimum atomic E-state index is 0.194. The molecule has 0 saturated heterocycles. The van der Waals surface area contributed by atoms with Crippen LogP contribution in [0.3, 0.4) is 0 Å². The number of rotatable bonds is 1. The summed E-state index contributed by atoms with van der Waals surface area (Å²) in [6, 6.07) is 0. The van der Waals surface area contributed by atoms with Crippen molar-refractivity contribution in [2.45, 2.75) is 0 Å². The van der Waals surface area contributed by atoms with Crippen LogP contribution in [0.15, 0.2) is 59.4 Å². The summed E-state index contributed by atoms with van der Waals surface area (Å²) in [6.45, 7) is 0. The molecule has 0 radical (unpaired) electrons. The first-order valence-corrected chi connectivity index (χ1v) is 4.37. The minimum absolute atomic E-state index is 0.194. The third kappa shape index (κ3) is 1.44. The van der Waals surface area contributed by atoms with Gasteiger partial charge in [-0.3, -0.25) is 0 Å². The summed E-state index contributed by atoms with van der Waals surface area (Å²) in [5.74, 6) is 1.46. The lowest BCUT2D eigenvalue weighted by molar-refractivity contribution is 0.300. The van der Waals surface area contributed by atoms with E-state index in [0.29, 0.717) is 17.2 Å². The van der Waals surface area contributed by atoms with Gasteiger partial charge >= 0.3 is 0 Å². The first kappa shape index (κ1) is 8.69. The van der Waals surface area contributed by atoms with Gasteiger partial charge in [0.05, 0.1) is 0 Å². The fourth-order valence-corrected chi connectivity index (χ4v) is 1.35. The summed E-state index contributed by atoms with van der Waals surface area (Å²) in [7, 11) is 1.74. The molecule has 2 N–H and O–H groups in total. The van der Waals surface area contributed by atoms with Crippen molar-refractivity contribution in [1.82, 2.24) is 5.32 Å². The molecule has 72 valence electrons. The molecule has 0 fully saturated rings. The maximum Gasteiger partial charge on any atom is 0.154 e. The number of allylic oxidation sites excluding steroid dienone is 6. The van der Waals surface area contributed by atoms with E-state index < -0.39 is 0 Å².